The van der Waals surface area contributed by atoms with Crippen molar-refractivity contribution in [1.29, 1.82) is 0 Å². The molecule has 2 amide bonds. The highest BCUT2D eigenvalue weighted by Gasteiger charge is 2.27. The fourth-order valence-corrected chi connectivity index (χ4v) is 5.40. The van der Waals surface area contributed by atoms with Crippen LogP contribution in [0.25, 0.3) is 11.0 Å². The number of hydrogen-bond donors (Lipinski definition) is 0. The van der Waals surface area contributed by atoms with Gasteiger partial charge in [-0.25, -0.2) is 14.8 Å². The van der Waals surface area contributed by atoms with Gasteiger partial charge in [-0.1, -0.05) is 12.8 Å². The van der Waals surface area contributed by atoms with Gasteiger partial charge in [0.15, 0.2) is 0 Å². The molecule has 0 unspecified atom stereocenters. The average molecular weight is 534 g/mol. The quantitative estimate of drug-likeness (QED) is 0.483. The molecule has 0 aromatic carbocycles. The molecule has 1 saturated carbocycles. The molecule has 5 rings (SSSR count). The molecule has 4 heterocycles. The number of nitrogens with zero attached hydrogens (tertiary/aromatic N) is 7. The Hall–Kier alpha value is -3.69. The number of amides is 2. The van der Waals surface area contributed by atoms with Crippen LogP contribution in [0.5, 0.6) is 0 Å². The average Bonchev–Trinajstić information content (AvgIpc) is 3.55. The van der Waals surface area contributed by atoms with Gasteiger partial charge in [0.25, 0.3) is 5.91 Å². The molecular formula is C29H39N7O3. The van der Waals surface area contributed by atoms with E-state index in [1.54, 1.807) is 23.9 Å². The normalized spacial score (nSPS) is 16.6. The lowest BCUT2D eigenvalue weighted by molar-refractivity contribution is 0.0240. The van der Waals surface area contributed by atoms with Crippen LogP contribution in [0, 0.1) is 0 Å². The SMILES string of the molecule is CN(C)C(=O)c1cc2cnc(Cc3ccc(N4CCN(C(=O)OC(C)(C)C)CC4)cn3)nc2n1C1CCCC1. The molecule has 39 heavy (non-hydrogen) atoms. The lowest BCUT2D eigenvalue weighted by Crippen LogP contribution is -2.50. The zero-order valence-electron chi connectivity index (χ0n) is 23.7. The predicted octanol–water partition coefficient (Wildman–Crippen LogP) is 4.29. The maximum Gasteiger partial charge on any atom is 0.410 e. The largest absolute Gasteiger partial charge is 0.444 e. The molecule has 0 atom stereocenters. The molecule has 3 aromatic heterocycles. The number of ether oxygens (including phenoxy) is 1. The van der Waals surface area contributed by atoms with Crippen LogP contribution in [0.4, 0.5) is 10.5 Å². The smallest absolute Gasteiger partial charge is 0.410 e. The number of carbonyl (C=O) groups is 2. The van der Waals surface area contributed by atoms with Crippen LogP contribution < -0.4 is 4.90 Å². The van der Waals surface area contributed by atoms with Crippen LogP contribution in [-0.4, -0.2) is 87.2 Å². The number of fused-ring (bicyclic) bond motifs is 1. The zero-order chi connectivity index (χ0) is 27.7. The van der Waals surface area contributed by atoms with Crippen molar-refractivity contribution >= 4 is 28.7 Å². The fourth-order valence-electron chi connectivity index (χ4n) is 5.40. The summed E-state index contributed by atoms with van der Waals surface area (Å²) in [5.41, 5.74) is 2.93. The molecule has 2 fully saturated rings. The van der Waals surface area contributed by atoms with E-state index in [9.17, 15) is 9.59 Å². The standard InChI is InChI=1S/C29H39N7O3/c1-29(2,3)39-28(38)35-14-12-34(13-15-35)23-11-10-21(30-19-23)17-25-31-18-20-16-24(27(37)33(4)5)36(26(20)32-25)22-8-6-7-9-22/h10-11,16,18-19,22H,6-9,12-15,17H2,1-5H3. The molecule has 208 valence electrons. The lowest BCUT2D eigenvalue weighted by Gasteiger charge is -2.36. The third-order valence-electron chi connectivity index (χ3n) is 7.39. The summed E-state index contributed by atoms with van der Waals surface area (Å²) in [5.74, 6) is 0.681. The van der Waals surface area contributed by atoms with Crippen molar-refractivity contribution in [3.63, 3.8) is 0 Å². The summed E-state index contributed by atoms with van der Waals surface area (Å²) in [5, 5.41) is 0.893. The summed E-state index contributed by atoms with van der Waals surface area (Å²) < 4.78 is 7.64. The summed E-state index contributed by atoms with van der Waals surface area (Å²) in [6.07, 6.45) is 8.42. The Labute approximate surface area is 230 Å². The van der Waals surface area contributed by atoms with Crippen molar-refractivity contribution in [3.05, 3.63) is 47.8 Å². The van der Waals surface area contributed by atoms with Gasteiger partial charge >= 0.3 is 6.09 Å². The number of piperazine rings is 1. The number of anilines is 1. The minimum atomic E-state index is -0.492. The maximum absolute atomic E-state index is 13.0. The van der Waals surface area contributed by atoms with Gasteiger partial charge in [-0.05, 0) is 51.8 Å². The topological polar surface area (TPSA) is 96.7 Å². The number of rotatable bonds is 5. The van der Waals surface area contributed by atoms with E-state index in [0.29, 0.717) is 31.0 Å². The lowest BCUT2D eigenvalue weighted by atomic mass is 10.2. The number of carbonyl (C=O) groups excluding carboxylic acids is 2. The van der Waals surface area contributed by atoms with Crippen molar-refractivity contribution in [2.45, 2.75) is 64.5 Å². The molecule has 1 saturated heterocycles. The van der Waals surface area contributed by atoms with Gasteiger partial charge in [0.05, 0.1) is 18.3 Å². The molecule has 2 aliphatic rings. The Bertz CT molecular complexity index is 1330. The summed E-state index contributed by atoms with van der Waals surface area (Å²) in [4.78, 5) is 45.1. The summed E-state index contributed by atoms with van der Waals surface area (Å²) in [6, 6.07) is 6.30. The highest BCUT2D eigenvalue weighted by molar-refractivity contribution is 5.97. The number of pyridine rings is 1. The van der Waals surface area contributed by atoms with Crippen molar-refractivity contribution in [2.75, 3.05) is 45.2 Å². The van der Waals surface area contributed by atoms with Crippen LogP contribution in [0.1, 0.15) is 74.5 Å². The van der Waals surface area contributed by atoms with E-state index < -0.39 is 5.60 Å². The Balaban J connectivity index is 1.28. The fraction of sp³-hybridized carbons (Fsp3) is 0.552. The minimum Gasteiger partial charge on any atom is -0.444 e. The first-order valence-electron chi connectivity index (χ1n) is 13.9. The summed E-state index contributed by atoms with van der Waals surface area (Å²) in [7, 11) is 3.57. The van der Waals surface area contributed by atoms with E-state index in [0.717, 1.165) is 48.3 Å². The third kappa shape index (κ3) is 5.99. The van der Waals surface area contributed by atoms with Gasteiger partial charge in [0.2, 0.25) is 0 Å². The van der Waals surface area contributed by atoms with Gasteiger partial charge in [0.1, 0.15) is 22.8 Å². The second kappa shape index (κ2) is 10.8. The number of hydrogen-bond acceptors (Lipinski definition) is 7. The van der Waals surface area contributed by atoms with Gasteiger partial charge in [-0.2, -0.15) is 0 Å². The highest BCUT2D eigenvalue weighted by atomic mass is 16.6. The molecule has 0 N–H and O–H groups in total. The number of aromatic nitrogens is 4. The molecule has 0 spiro atoms. The van der Waals surface area contributed by atoms with Crippen molar-refractivity contribution in [3.8, 4) is 0 Å². The molecule has 1 aliphatic carbocycles. The van der Waals surface area contributed by atoms with E-state index in [4.69, 9.17) is 14.7 Å². The monoisotopic (exact) mass is 533 g/mol. The van der Waals surface area contributed by atoms with Crippen LogP contribution in [0.15, 0.2) is 30.6 Å². The first-order valence-corrected chi connectivity index (χ1v) is 13.9. The van der Waals surface area contributed by atoms with Gasteiger partial charge in [-0.15, -0.1) is 0 Å². The van der Waals surface area contributed by atoms with Crippen molar-refractivity contribution in [1.82, 2.24) is 29.3 Å². The molecule has 10 heteroatoms. The van der Waals surface area contributed by atoms with Crippen LogP contribution in [-0.2, 0) is 11.2 Å². The Kier molecular flexibility index (Phi) is 7.46. The van der Waals surface area contributed by atoms with E-state index in [2.05, 4.69) is 20.5 Å². The Morgan fingerprint density at radius 1 is 1.03 bits per heavy atom. The molecule has 3 aromatic rings. The van der Waals surface area contributed by atoms with Crippen molar-refractivity contribution in [2.24, 2.45) is 0 Å². The zero-order valence-corrected chi connectivity index (χ0v) is 23.7. The molecule has 10 nitrogen and oxygen atoms in total. The van der Waals surface area contributed by atoms with Crippen LogP contribution in [0.2, 0.25) is 0 Å². The third-order valence-corrected chi connectivity index (χ3v) is 7.39. The molecular weight excluding hydrogens is 494 g/mol. The first-order chi connectivity index (χ1) is 18.6. The summed E-state index contributed by atoms with van der Waals surface area (Å²) in [6.45, 7) is 8.33. The van der Waals surface area contributed by atoms with Gasteiger partial charge in [-0.3, -0.25) is 9.78 Å². The van der Waals surface area contributed by atoms with Crippen molar-refractivity contribution < 1.29 is 14.3 Å². The maximum atomic E-state index is 13.0. The van der Waals surface area contributed by atoms with E-state index in [1.165, 1.54) is 12.8 Å². The second-order valence-electron chi connectivity index (χ2n) is 11.7. The first kappa shape index (κ1) is 26.9. The summed E-state index contributed by atoms with van der Waals surface area (Å²) >= 11 is 0. The second-order valence-corrected chi connectivity index (χ2v) is 11.7. The van der Waals surface area contributed by atoms with E-state index in [1.807, 2.05) is 45.3 Å². The molecule has 0 radical (unpaired) electrons. The predicted molar refractivity (Wildman–Crippen MR) is 150 cm³/mol. The Morgan fingerprint density at radius 2 is 1.74 bits per heavy atom. The van der Waals surface area contributed by atoms with E-state index in [-0.39, 0.29) is 18.0 Å². The van der Waals surface area contributed by atoms with Gasteiger partial charge < -0.3 is 24.0 Å². The van der Waals surface area contributed by atoms with Crippen LogP contribution in [0.3, 0.4) is 0 Å². The highest BCUT2D eigenvalue weighted by Crippen LogP contribution is 2.34. The van der Waals surface area contributed by atoms with E-state index >= 15 is 0 Å². The van der Waals surface area contributed by atoms with Gasteiger partial charge in [0, 0.05) is 63.6 Å². The van der Waals surface area contributed by atoms with Crippen LogP contribution >= 0.6 is 0 Å². The minimum absolute atomic E-state index is 0.00867. The Morgan fingerprint density at radius 3 is 2.36 bits per heavy atom. The molecule has 1 aliphatic heterocycles. The molecule has 0 bridgehead atoms.